The summed E-state index contributed by atoms with van der Waals surface area (Å²) in [5, 5.41) is 2.57. The minimum Gasteiger partial charge on any atom is -0.466 e. The highest BCUT2D eigenvalue weighted by atomic mass is 19.1. The quantitative estimate of drug-likeness (QED) is 0.814. The minimum atomic E-state index is -0.354. The minimum absolute atomic E-state index is 0.125. The molecule has 0 spiro atoms. The van der Waals surface area contributed by atoms with Crippen molar-refractivity contribution in [3.63, 3.8) is 0 Å². The van der Waals surface area contributed by atoms with Crippen molar-refractivity contribution in [3.05, 3.63) is 35.1 Å². The fourth-order valence-electron chi connectivity index (χ4n) is 1.40. The third kappa shape index (κ3) is 4.16. The molecule has 0 fully saturated rings. The molecule has 0 heterocycles. The van der Waals surface area contributed by atoms with Crippen LogP contribution in [-0.4, -0.2) is 25.0 Å². The van der Waals surface area contributed by atoms with Gasteiger partial charge in [-0.15, -0.1) is 0 Å². The lowest BCUT2D eigenvalue weighted by Crippen LogP contribution is -2.26. The van der Waals surface area contributed by atoms with Crippen LogP contribution in [0.4, 0.5) is 4.39 Å². The highest BCUT2D eigenvalue weighted by Gasteiger charge is 2.08. The Morgan fingerprint density at radius 2 is 2.11 bits per heavy atom. The lowest BCUT2D eigenvalue weighted by atomic mass is 10.1. The summed E-state index contributed by atoms with van der Waals surface area (Å²) >= 11 is 0. The summed E-state index contributed by atoms with van der Waals surface area (Å²) in [6.45, 7) is 3.83. The van der Waals surface area contributed by atoms with Crippen LogP contribution in [0, 0.1) is 12.7 Å². The summed E-state index contributed by atoms with van der Waals surface area (Å²) in [5.41, 5.74) is 0.783. The number of carbonyl (C=O) groups excluding carboxylic acids is 2. The first-order valence-electron chi connectivity index (χ1n) is 5.74. The Kier molecular flexibility index (Phi) is 5.30. The van der Waals surface area contributed by atoms with E-state index in [1.165, 1.54) is 18.2 Å². The molecular formula is C13H16FNO3. The number of benzene rings is 1. The second-order valence-corrected chi connectivity index (χ2v) is 3.77. The maximum absolute atomic E-state index is 13.0. The highest BCUT2D eigenvalue weighted by molar-refractivity contribution is 5.94. The zero-order valence-electron chi connectivity index (χ0n) is 10.5. The number of halogens is 1. The predicted octanol–water partition coefficient (Wildman–Crippen LogP) is 1.82. The Bertz CT molecular complexity index is 446. The lowest BCUT2D eigenvalue weighted by molar-refractivity contribution is -0.142. The lowest BCUT2D eigenvalue weighted by Gasteiger charge is -2.06. The zero-order valence-corrected chi connectivity index (χ0v) is 10.5. The average Bonchev–Trinajstić information content (AvgIpc) is 2.33. The Balaban J connectivity index is 2.45. The molecule has 0 radical (unpaired) electrons. The molecule has 0 aliphatic carbocycles. The van der Waals surface area contributed by atoms with Crippen LogP contribution in [-0.2, 0) is 9.53 Å². The van der Waals surface area contributed by atoms with Gasteiger partial charge in [0.1, 0.15) is 5.82 Å². The fraction of sp³-hybridized carbons (Fsp3) is 0.385. The standard InChI is InChI=1S/C13H16FNO3/c1-3-18-12(16)6-7-15-13(17)10-4-5-11(14)9(2)8-10/h4-5,8H,3,6-7H2,1-2H3,(H,15,17). The first-order chi connectivity index (χ1) is 8.54. The highest BCUT2D eigenvalue weighted by Crippen LogP contribution is 2.08. The van der Waals surface area contributed by atoms with Crippen molar-refractivity contribution in [1.82, 2.24) is 5.32 Å². The van der Waals surface area contributed by atoms with Crippen LogP contribution in [0.2, 0.25) is 0 Å². The number of rotatable bonds is 5. The van der Waals surface area contributed by atoms with Crippen LogP contribution in [0.25, 0.3) is 0 Å². The smallest absolute Gasteiger partial charge is 0.307 e. The van der Waals surface area contributed by atoms with Gasteiger partial charge in [-0.2, -0.15) is 0 Å². The Labute approximate surface area is 105 Å². The molecule has 18 heavy (non-hydrogen) atoms. The van der Waals surface area contributed by atoms with Gasteiger partial charge < -0.3 is 10.1 Å². The molecule has 0 aliphatic heterocycles. The summed E-state index contributed by atoms with van der Waals surface area (Å²) in [6.07, 6.45) is 0.125. The maximum atomic E-state index is 13.0. The van der Waals surface area contributed by atoms with Crippen molar-refractivity contribution < 1.29 is 18.7 Å². The zero-order chi connectivity index (χ0) is 13.5. The Morgan fingerprint density at radius 3 is 2.72 bits per heavy atom. The molecule has 0 aromatic heterocycles. The van der Waals surface area contributed by atoms with Gasteiger partial charge in [0.05, 0.1) is 13.0 Å². The third-order valence-corrected chi connectivity index (χ3v) is 2.34. The molecule has 1 rings (SSSR count). The maximum Gasteiger partial charge on any atom is 0.307 e. The summed E-state index contributed by atoms with van der Waals surface area (Å²) in [6, 6.07) is 4.12. The molecule has 5 heteroatoms. The van der Waals surface area contributed by atoms with E-state index in [1.807, 2.05) is 0 Å². The topological polar surface area (TPSA) is 55.4 Å². The number of nitrogens with one attached hydrogen (secondary N) is 1. The molecule has 0 aliphatic rings. The second-order valence-electron chi connectivity index (χ2n) is 3.77. The third-order valence-electron chi connectivity index (χ3n) is 2.34. The van der Waals surface area contributed by atoms with Crippen molar-refractivity contribution in [3.8, 4) is 0 Å². The van der Waals surface area contributed by atoms with E-state index in [2.05, 4.69) is 5.32 Å². The summed E-state index contributed by atoms with van der Waals surface area (Å²) in [4.78, 5) is 22.7. The van der Waals surface area contributed by atoms with Gasteiger partial charge in [-0.1, -0.05) is 0 Å². The molecule has 1 amide bonds. The molecule has 0 bridgehead atoms. The van der Waals surface area contributed by atoms with E-state index in [9.17, 15) is 14.0 Å². The first kappa shape index (κ1) is 14.2. The van der Waals surface area contributed by atoms with Crippen LogP contribution in [0.5, 0.6) is 0 Å². The van der Waals surface area contributed by atoms with E-state index in [-0.39, 0.29) is 30.7 Å². The molecule has 1 aromatic carbocycles. The number of aryl methyl sites for hydroxylation is 1. The van der Waals surface area contributed by atoms with E-state index >= 15 is 0 Å². The number of hydrogen-bond donors (Lipinski definition) is 1. The summed E-state index contributed by atoms with van der Waals surface area (Å²) < 4.78 is 17.7. The largest absolute Gasteiger partial charge is 0.466 e. The molecule has 0 atom stereocenters. The van der Waals surface area contributed by atoms with Crippen LogP contribution in [0.3, 0.4) is 0 Å². The molecule has 4 nitrogen and oxygen atoms in total. The number of hydrogen-bond acceptors (Lipinski definition) is 3. The summed E-state index contributed by atoms with van der Waals surface area (Å²) in [5.74, 6) is -1.03. The number of carbonyl (C=O) groups is 2. The van der Waals surface area contributed by atoms with Gasteiger partial charge in [0.25, 0.3) is 5.91 Å². The van der Waals surface area contributed by atoms with Crippen LogP contribution in [0.1, 0.15) is 29.3 Å². The number of esters is 1. The van der Waals surface area contributed by atoms with Crippen molar-refractivity contribution in [1.29, 1.82) is 0 Å². The SMILES string of the molecule is CCOC(=O)CCNC(=O)c1ccc(F)c(C)c1. The first-order valence-corrected chi connectivity index (χ1v) is 5.74. The average molecular weight is 253 g/mol. The van der Waals surface area contributed by atoms with Crippen LogP contribution >= 0.6 is 0 Å². The van der Waals surface area contributed by atoms with E-state index in [4.69, 9.17) is 4.74 Å². The molecule has 1 N–H and O–H groups in total. The van der Waals surface area contributed by atoms with Crippen LogP contribution in [0.15, 0.2) is 18.2 Å². The van der Waals surface area contributed by atoms with Crippen molar-refractivity contribution in [2.24, 2.45) is 0 Å². The summed E-state index contributed by atoms with van der Waals surface area (Å²) in [7, 11) is 0. The monoisotopic (exact) mass is 253 g/mol. The van der Waals surface area contributed by atoms with Gasteiger partial charge in [-0.05, 0) is 37.6 Å². The molecule has 0 saturated heterocycles. The molecular weight excluding hydrogens is 237 g/mol. The van der Waals surface area contributed by atoms with E-state index in [0.717, 1.165) is 0 Å². The van der Waals surface area contributed by atoms with Crippen molar-refractivity contribution >= 4 is 11.9 Å². The van der Waals surface area contributed by atoms with Gasteiger partial charge in [0.15, 0.2) is 0 Å². The molecule has 0 saturated carbocycles. The van der Waals surface area contributed by atoms with E-state index in [1.54, 1.807) is 13.8 Å². The number of amides is 1. The van der Waals surface area contributed by atoms with Crippen molar-refractivity contribution in [2.75, 3.05) is 13.2 Å². The second kappa shape index (κ2) is 6.74. The molecule has 1 aromatic rings. The van der Waals surface area contributed by atoms with Gasteiger partial charge in [0, 0.05) is 12.1 Å². The fourth-order valence-corrected chi connectivity index (χ4v) is 1.40. The van der Waals surface area contributed by atoms with E-state index < -0.39 is 0 Å². The van der Waals surface area contributed by atoms with Gasteiger partial charge >= 0.3 is 5.97 Å². The molecule has 0 unspecified atom stereocenters. The van der Waals surface area contributed by atoms with Gasteiger partial charge in [-0.25, -0.2) is 4.39 Å². The Hall–Kier alpha value is -1.91. The van der Waals surface area contributed by atoms with Gasteiger partial charge in [-0.3, -0.25) is 9.59 Å². The van der Waals surface area contributed by atoms with Gasteiger partial charge in [0.2, 0.25) is 0 Å². The van der Waals surface area contributed by atoms with E-state index in [0.29, 0.717) is 17.7 Å². The van der Waals surface area contributed by atoms with Crippen molar-refractivity contribution in [2.45, 2.75) is 20.3 Å². The normalized spacial score (nSPS) is 9.94. The molecule has 98 valence electrons. The Morgan fingerprint density at radius 1 is 1.39 bits per heavy atom. The van der Waals surface area contributed by atoms with Crippen LogP contribution < -0.4 is 5.32 Å². The predicted molar refractivity (Wildman–Crippen MR) is 64.7 cm³/mol. The number of ether oxygens (including phenoxy) is 1.